The van der Waals surface area contributed by atoms with Crippen molar-refractivity contribution >= 4 is 11.6 Å². The average Bonchev–Trinajstić information content (AvgIpc) is 2.05. The molecule has 0 bridgehead atoms. The standard InChI is InChI=1S/C9H7F4NO/c1-5(15)14-6-2-3-8(10)7(4-6)9(11,12)13/h2-4H,1H3,(H,14,15). The smallest absolute Gasteiger partial charge is 0.326 e. The van der Waals surface area contributed by atoms with Crippen molar-refractivity contribution in [2.24, 2.45) is 0 Å². The lowest BCUT2D eigenvalue weighted by Crippen LogP contribution is -2.11. The molecule has 1 rings (SSSR count). The fraction of sp³-hybridized carbons (Fsp3) is 0.222. The Morgan fingerprint density at radius 1 is 1.33 bits per heavy atom. The van der Waals surface area contributed by atoms with Crippen LogP contribution < -0.4 is 5.32 Å². The van der Waals surface area contributed by atoms with Crippen LogP contribution in [0.1, 0.15) is 12.5 Å². The van der Waals surface area contributed by atoms with Gasteiger partial charge in [0.1, 0.15) is 5.82 Å². The van der Waals surface area contributed by atoms with Crippen molar-refractivity contribution in [3.05, 3.63) is 29.6 Å². The Morgan fingerprint density at radius 2 is 1.93 bits per heavy atom. The summed E-state index contributed by atoms with van der Waals surface area (Å²) in [5.41, 5.74) is -1.48. The second-order valence-electron chi connectivity index (χ2n) is 2.87. The molecule has 0 saturated heterocycles. The maximum atomic E-state index is 12.8. The quantitative estimate of drug-likeness (QED) is 0.726. The number of nitrogens with one attached hydrogen (secondary N) is 1. The van der Waals surface area contributed by atoms with Crippen LogP contribution in [0.25, 0.3) is 0 Å². The number of hydrogen-bond donors (Lipinski definition) is 1. The lowest BCUT2D eigenvalue weighted by atomic mass is 10.2. The van der Waals surface area contributed by atoms with Gasteiger partial charge in [-0.3, -0.25) is 4.79 Å². The van der Waals surface area contributed by atoms with E-state index >= 15 is 0 Å². The number of halogens is 4. The minimum absolute atomic E-state index is 0.0868. The zero-order valence-corrected chi connectivity index (χ0v) is 7.65. The van der Waals surface area contributed by atoms with E-state index in [-0.39, 0.29) is 5.69 Å². The van der Waals surface area contributed by atoms with Gasteiger partial charge in [-0.25, -0.2) is 4.39 Å². The second kappa shape index (κ2) is 3.88. The van der Waals surface area contributed by atoms with Crippen LogP contribution in [-0.4, -0.2) is 5.91 Å². The van der Waals surface area contributed by atoms with Crippen LogP contribution in [0, 0.1) is 5.82 Å². The minimum atomic E-state index is -4.77. The van der Waals surface area contributed by atoms with E-state index in [4.69, 9.17) is 0 Å². The van der Waals surface area contributed by atoms with E-state index in [1.54, 1.807) is 0 Å². The van der Waals surface area contributed by atoms with Crippen molar-refractivity contribution in [1.29, 1.82) is 0 Å². The third-order valence-electron chi connectivity index (χ3n) is 1.59. The van der Waals surface area contributed by atoms with E-state index < -0.39 is 23.5 Å². The molecule has 0 saturated carbocycles. The SMILES string of the molecule is CC(=O)Nc1ccc(F)c(C(F)(F)F)c1. The maximum absolute atomic E-state index is 12.8. The van der Waals surface area contributed by atoms with E-state index in [1.807, 2.05) is 0 Å². The first-order chi connectivity index (χ1) is 6.80. The predicted molar refractivity (Wildman–Crippen MR) is 45.7 cm³/mol. The lowest BCUT2D eigenvalue weighted by Gasteiger charge is -2.09. The first kappa shape index (κ1) is 11.5. The topological polar surface area (TPSA) is 29.1 Å². The Kier molecular flexibility index (Phi) is 2.97. The summed E-state index contributed by atoms with van der Waals surface area (Å²) in [6, 6.07) is 2.27. The Hall–Kier alpha value is -1.59. The number of alkyl halides is 3. The van der Waals surface area contributed by atoms with Crippen LogP contribution in [-0.2, 0) is 11.0 Å². The molecule has 15 heavy (non-hydrogen) atoms. The van der Waals surface area contributed by atoms with Gasteiger partial charge in [-0.2, -0.15) is 13.2 Å². The monoisotopic (exact) mass is 221 g/mol. The summed E-state index contributed by atoms with van der Waals surface area (Å²) in [6.45, 7) is 1.15. The van der Waals surface area contributed by atoms with Crippen LogP contribution in [0.2, 0.25) is 0 Å². The largest absolute Gasteiger partial charge is 0.419 e. The summed E-state index contributed by atoms with van der Waals surface area (Å²) >= 11 is 0. The number of amides is 1. The van der Waals surface area contributed by atoms with Gasteiger partial charge in [-0.15, -0.1) is 0 Å². The van der Waals surface area contributed by atoms with Crippen LogP contribution in [0.3, 0.4) is 0 Å². The highest BCUT2D eigenvalue weighted by atomic mass is 19.4. The average molecular weight is 221 g/mol. The number of hydrogen-bond acceptors (Lipinski definition) is 1. The van der Waals surface area contributed by atoms with Crippen LogP contribution >= 0.6 is 0 Å². The molecule has 0 unspecified atom stereocenters. The van der Waals surface area contributed by atoms with Gasteiger partial charge in [-0.1, -0.05) is 0 Å². The zero-order valence-electron chi connectivity index (χ0n) is 7.65. The summed E-state index contributed by atoms with van der Waals surface area (Å²) in [6.07, 6.45) is -4.77. The summed E-state index contributed by atoms with van der Waals surface area (Å²) in [4.78, 5) is 10.6. The molecule has 1 amide bonds. The van der Waals surface area contributed by atoms with Crippen molar-refractivity contribution in [2.75, 3.05) is 5.32 Å². The predicted octanol–water partition coefficient (Wildman–Crippen LogP) is 2.80. The molecule has 0 aliphatic carbocycles. The first-order valence-electron chi connectivity index (χ1n) is 3.95. The summed E-state index contributed by atoms with van der Waals surface area (Å²) < 4.78 is 49.4. The molecule has 0 aromatic heterocycles. The number of carbonyl (C=O) groups is 1. The number of anilines is 1. The van der Waals surface area contributed by atoms with Crippen molar-refractivity contribution in [3.8, 4) is 0 Å². The van der Waals surface area contributed by atoms with Gasteiger partial charge in [0.15, 0.2) is 0 Å². The first-order valence-corrected chi connectivity index (χ1v) is 3.95. The summed E-state index contributed by atoms with van der Waals surface area (Å²) in [5.74, 6) is -1.88. The molecule has 2 nitrogen and oxygen atoms in total. The normalized spacial score (nSPS) is 11.3. The highest BCUT2D eigenvalue weighted by Crippen LogP contribution is 2.32. The van der Waals surface area contributed by atoms with Crippen molar-refractivity contribution in [2.45, 2.75) is 13.1 Å². The van der Waals surface area contributed by atoms with Crippen molar-refractivity contribution in [1.82, 2.24) is 0 Å². The molecule has 0 heterocycles. The highest BCUT2D eigenvalue weighted by Gasteiger charge is 2.34. The molecule has 1 N–H and O–H groups in total. The van der Waals surface area contributed by atoms with Crippen molar-refractivity contribution < 1.29 is 22.4 Å². The zero-order chi connectivity index (χ0) is 11.6. The molecule has 82 valence electrons. The Bertz CT molecular complexity index is 386. The van der Waals surface area contributed by atoms with Gasteiger partial charge in [0.25, 0.3) is 0 Å². The molecular weight excluding hydrogens is 214 g/mol. The van der Waals surface area contributed by atoms with Gasteiger partial charge >= 0.3 is 6.18 Å². The Morgan fingerprint density at radius 3 is 2.40 bits per heavy atom. The highest BCUT2D eigenvalue weighted by molar-refractivity contribution is 5.88. The third kappa shape index (κ3) is 2.93. The molecule has 0 fully saturated rings. The van der Waals surface area contributed by atoms with Gasteiger partial charge in [-0.05, 0) is 18.2 Å². The minimum Gasteiger partial charge on any atom is -0.326 e. The Balaban J connectivity index is 3.11. The maximum Gasteiger partial charge on any atom is 0.419 e. The molecule has 0 aliphatic heterocycles. The van der Waals surface area contributed by atoms with E-state index in [1.165, 1.54) is 0 Å². The number of rotatable bonds is 1. The fourth-order valence-corrected chi connectivity index (χ4v) is 1.02. The molecule has 0 spiro atoms. The molecule has 0 atom stereocenters. The molecule has 0 radical (unpaired) electrons. The summed E-state index contributed by atoms with van der Waals surface area (Å²) in [5, 5.41) is 2.14. The van der Waals surface area contributed by atoms with Crippen molar-refractivity contribution in [3.63, 3.8) is 0 Å². The molecular formula is C9H7F4NO. The van der Waals surface area contributed by atoms with Crippen LogP contribution in [0.4, 0.5) is 23.2 Å². The third-order valence-corrected chi connectivity index (χ3v) is 1.59. The molecule has 6 heteroatoms. The van der Waals surface area contributed by atoms with Crippen LogP contribution in [0.15, 0.2) is 18.2 Å². The second-order valence-corrected chi connectivity index (χ2v) is 2.87. The van der Waals surface area contributed by atoms with Gasteiger partial charge in [0, 0.05) is 12.6 Å². The lowest BCUT2D eigenvalue weighted by molar-refractivity contribution is -0.140. The van der Waals surface area contributed by atoms with Gasteiger partial charge in [0.2, 0.25) is 5.91 Å². The van der Waals surface area contributed by atoms with E-state index in [2.05, 4.69) is 5.32 Å². The fourth-order valence-electron chi connectivity index (χ4n) is 1.02. The molecule has 0 aliphatic rings. The van der Waals surface area contributed by atoms with Gasteiger partial charge in [0.05, 0.1) is 5.56 Å². The number of benzene rings is 1. The summed E-state index contributed by atoms with van der Waals surface area (Å²) in [7, 11) is 0. The van der Waals surface area contributed by atoms with E-state index in [9.17, 15) is 22.4 Å². The molecule has 1 aromatic carbocycles. The Labute approximate surface area is 82.9 Å². The van der Waals surface area contributed by atoms with E-state index in [0.29, 0.717) is 12.1 Å². The molecule has 1 aromatic rings. The van der Waals surface area contributed by atoms with E-state index in [0.717, 1.165) is 13.0 Å². The van der Waals surface area contributed by atoms with Crippen LogP contribution in [0.5, 0.6) is 0 Å². The van der Waals surface area contributed by atoms with Gasteiger partial charge < -0.3 is 5.32 Å². The number of carbonyl (C=O) groups excluding carboxylic acids is 1.